The maximum Gasteiger partial charge on any atom is 0.338 e. The van der Waals surface area contributed by atoms with Crippen molar-refractivity contribution in [3.05, 3.63) is 156 Å². The molecule has 0 bridgehead atoms. The zero-order valence-electron chi connectivity index (χ0n) is 23.4. The number of carbonyl (C=O) groups is 4. The summed E-state index contributed by atoms with van der Waals surface area (Å²) in [5, 5.41) is 0. The lowest BCUT2D eigenvalue weighted by molar-refractivity contribution is -0.170. The second-order valence-corrected chi connectivity index (χ2v) is 9.75. The Morgan fingerprint density at radius 1 is 0.523 bits per heavy atom. The highest BCUT2D eigenvalue weighted by Gasteiger charge is 2.51. The predicted octanol–water partition coefficient (Wildman–Crippen LogP) is 5.43. The van der Waals surface area contributed by atoms with Crippen molar-refractivity contribution in [2.75, 3.05) is 6.61 Å². The van der Waals surface area contributed by atoms with Crippen molar-refractivity contribution in [1.82, 2.24) is 0 Å². The van der Waals surface area contributed by atoms with Crippen LogP contribution in [-0.4, -0.2) is 54.9 Å². The Morgan fingerprint density at radius 3 is 1.32 bits per heavy atom. The predicted molar refractivity (Wildman–Crippen MR) is 158 cm³/mol. The molecule has 0 aliphatic carbocycles. The highest BCUT2D eigenvalue weighted by Crippen LogP contribution is 2.32. The number of hydrogen-bond donors (Lipinski definition) is 0. The van der Waals surface area contributed by atoms with Gasteiger partial charge in [-0.05, 0) is 48.5 Å². The fourth-order valence-electron chi connectivity index (χ4n) is 4.53. The molecule has 0 N–H and O–H groups in total. The van der Waals surface area contributed by atoms with Crippen LogP contribution >= 0.6 is 0 Å². The second-order valence-electron chi connectivity index (χ2n) is 9.75. The van der Waals surface area contributed by atoms with Gasteiger partial charge in [0.25, 0.3) is 0 Å². The van der Waals surface area contributed by atoms with E-state index in [1.54, 1.807) is 121 Å². The lowest BCUT2D eigenvalue weighted by atomic mass is 9.97. The summed E-state index contributed by atoms with van der Waals surface area (Å²) in [7, 11) is 0. The van der Waals surface area contributed by atoms with E-state index in [0.717, 1.165) is 0 Å². The minimum Gasteiger partial charge on any atom is -0.484 e. The van der Waals surface area contributed by atoms with E-state index in [0.29, 0.717) is 5.56 Å². The SMILES string of the molecule is C=C1O[C@H](COC(=O)c2ccccc2)[C@@H](OC(=O)c2ccccc2)[C@H](OC(=O)c2ccccc2)[C@H]1OC(=O)c1ccccc1. The third-order valence-electron chi connectivity index (χ3n) is 6.75. The van der Waals surface area contributed by atoms with Crippen molar-refractivity contribution in [3.63, 3.8) is 0 Å². The average molecular weight is 593 g/mol. The van der Waals surface area contributed by atoms with E-state index >= 15 is 0 Å². The maximum atomic E-state index is 13.3. The van der Waals surface area contributed by atoms with Crippen molar-refractivity contribution >= 4 is 23.9 Å². The monoisotopic (exact) mass is 592 g/mol. The molecule has 1 heterocycles. The summed E-state index contributed by atoms with van der Waals surface area (Å²) in [6, 6.07) is 32.8. The molecule has 222 valence electrons. The van der Waals surface area contributed by atoms with Crippen molar-refractivity contribution in [1.29, 1.82) is 0 Å². The minimum atomic E-state index is -1.43. The van der Waals surface area contributed by atoms with Gasteiger partial charge in [-0.2, -0.15) is 0 Å². The van der Waals surface area contributed by atoms with Crippen LogP contribution in [-0.2, 0) is 23.7 Å². The topological polar surface area (TPSA) is 114 Å². The number of benzene rings is 4. The number of hydrogen-bond acceptors (Lipinski definition) is 9. The molecule has 0 spiro atoms. The summed E-state index contributed by atoms with van der Waals surface area (Å²) in [5.74, 6) is -3.02. The maximum absolute atomic E-state index is 13.3. The normalized spacial score (nSPS) is 19.1. The first-order valence-electron chi connectivity index (χ1n) is 13.8. The highest BCUT2D eigenvalue weighted by molar-refractivity contribution is 5.91. The first-order chi connectivity index (χ1) is 21.4. The summed E-state index contributed by atoms with van der Waals surface area (Å²) in [6.07, 6.45) is -5.38. The van der Waals surface area contributed by atoms with Gasteiger partial charge in [-0.1, -0.05) is 79.4 Å². The van der Waals surface area contributed by atoms with Crippen LogP contribution in [0, 0.1) is 0 Å². The Bertz CT molecular complexity index is 1610. The van der Waals surface area contributed by atoms with E-state index < -0.39 is 54.9 Å². The van der Waals surface area contributed by atoms with Crippen LogP contribution in [0.25, 0.3) is 0 Å². The smallest absolute Gasteiger partial charge is 0.338 e. The molecule has 4 atom stereocenters. The molecule has 0 unspecified atom stereocenters. The van der Waals surface area contributed by atoms with Crippen LogP contribution in [0.4, 0.5) is 0 Å². The fraction of sp³-hybridized carbons (Fsp3) is 0.143. The van der Waals surface area contributed by atoms with Crippen LogP contribution in [0.3, 0.4) is 0 Å². The molecule has 0 radical (unpaired) electrons. The standard InChI is InChI=1S/C35H28O9/c1-23-29(42-33(37)25-16-8-3-9-17-25)31(44-35(39)27-20-12-5-13-21-27)30(43-34(38)26-18-10-4-11-19-26)28(41-23)22-40-32(36)24-14-6-2-7-15-24/h2-21,28-31H,1,22H2/t28-,29+,30-,31-/m1/s1. The molecule has 0 saturated carbocycles. The molecule has 1 fully saturated rings. The molecule has 4 aromatic carbocycles. The van der Waals surface area contributed by atoms with Crippen LogP contribution in [0.5, 0.6) is 0 Å². The molecule has 1 aliphatic rings. The zero-order chi connectivity index (χ0) is 30.9. The molecule has 4 aromatic rings. The first kappa shape index (κ1) is 29.8. The summed E-state index contributed by atoms with van der Waals surface area (Å²) in [5.41, 5.74) is 0.938. The zero-order valence-corrected chi connectivity index (χ0v) is 23.4. The third kappa shape index (κ3) is 7.19. The molecule has 0 aromatic heterocycles. The highest BCUT2D eigenvalue weighted by atomic mass is 16.7. The van der Waals surface area contributed by atoms with E-state index in [1.807, 2.05) is 0 Å². The Hall–Kier alpha value is -5.70. The first-order valence-corrected chi connectivity index (χ1v) is 13.8. The Balaban J connectivity index is 1.48. The van der Waals surface area contributed by atoms with Gasteiger partial charge < -0.3 is 23.7 Å². The molecule has 1 aliphatic heterocycles. The van der Waals surface area contributed by atoms with Crippen molar-refractivity contribution in [2.24, 2.45) is 0 Å². The van der Waals surface area contributed by atoms with Gasteiger partial charge in [-0.25, -0.2) is 19.2 Å². The molecule has 9 nitrogen and oxygen atoms in total. The minimum absolute atomic E-state index is 0.0899. The third-order valence-corrected chi connectivity index (χ3v) is 6.75. The molecular formula is C35H28O9. The molecular weight excluding hydrogens is 564 g/mol. The summed E-state index contributed by atoms with van der Waals surface area (Å²) >= 11 is 0. The van der Waals surface area contributed by atoms with Gasteiger partial charge >= 0.3 is 23.9 Å². The Labute approximate surface area is 253 Å². The van der Waals surface area contributed by atoms with Crippen LogP contribution < -0.4 is 0 Å². The van der Waals surface area contributed by atoms with Crippen molar-refractivity contribution in [3.8, 4) is 0 Å². The Kier molecular flexibility index (Phi) is 9.46. The summed E-state index contributed by atoms with van der Waals surface area (Å²) in [4.78, 5) is 52.5. The van der Waals surface area contributed by atoms with Crippen LogP contribution in [0.15, 0.2) is 134 Å². The fourth-order valence-corrected chi connectivity index (χ4v) is 4.53. The van der Waals surface area contributed by atoms with Gasteiger partial charge in [0, 0.05) is 0 Å². The number of rotatable bonds is 9. The van der Waals surface area contributed by atoms with Crippen LogP contribution in [0.1, 0.15) is 41.4 Å². The van der Waals surface area contributed by atoms with E-state index in [-0.39, 0.29) is 22.4 Å². The van der Waals surface area contributed by atoms with Gasteiger partial charge in [0.05, 0.1) is 22.3 Å². The largest absolute Gasteiger partial charge is 0.484 e. The van der Waals surface area contributed by atoms with Gasteiger partial charge in [0.2, 0.25) is 0 Å². The summed E-state index contributed by atoms with van der Waals surface area (Å²) < 4.78 is 29.0. The number of esters is 4. The number of ether oxygens (including phenoxy) is 5. The molecule has 0 amide bonds. The van der Waals surface area contributed by atoms with Gasteiger partial charge in [-0.3, -0.25) is 0 Å². The van der Waals surface area contributed by atoms with Crippen molar-refractivity contribution in [2.45, 2.75) is 24.4 Å². The lowest BCUT2D eigenvalue weighted by Gasteiger charge is -2.41. The van der Waals surface area contributed by atoms with Crippen molar-refractivity contribution < 1.29 is 42.9 Å². The molecule has 5 rings (SSSR count). The van der Waals surface area contributed by atoms with Gasteiger partial charge in [0.15, 0.2) is 24.4 Å². The second kappa shape index (κ2) is 14.0. The molecule has 1 saturated heterocycles. The average Bonchev–Trinajstić information content (AvgIpc) is 3.07. The Morgan fingerprint density at radius 2 is 0.886 bits per heavy atom. The van der Waals surface area contributed by atoms with Crippen LogP contribution in [0.2, 0.25) is 0 Å². The van der Waals surface area contributed by atoms with E-state index in [2.05, 4.69) is 6.58 Å². The van der Waals surface area contributed by atoms with Gasteiger partial charge in [0.1, 0.15) is 12.4 Å². The van der Waals surface area contributed by atoms with E-state index in [1.165, 1.54) is 0 Å². The number of carbonyl (C=O) groups excluding carboxylic acids is 4. The molecule has 44 heavy (non-hydrogen) atoms. The lowest BCUT2D eigenvalue weighted by Crippen LogP contribution is -2.57. The summed E-state index contributed by atoms with van der Waals surface area (Å²) in [6.45, 7) is 3.50. The van der Waals surface area contributed by atoms with E-state index in [9.17, 15) is 19.2 Å². The quantitative estimate of drug-likeness (QED) is 0.185. The molecule has 9 heteroatoms. The van der Waals surface area contributed by atoms with E-state index in [4.69, 9.17) is 23.7 Å². The van der Waals surface area contributed by atoms with Gasteiger partial charge in [-0.15, -0.1) is 0 Å².